The molecular formula is C15H20O3. The molecule has 0 saturated heterocycles. The van der Waals surface area contributed by atoms with Gasteiger partial charge in [-0.2, -0.15) is 0 Å². The number of hydrogen-bond acceptors (Lipinski definition) is 3. The summed E-state index contributed by atoms with van der Waals surface area (Å²) in [5, 5.41) is 0. The Morgan fingerprint density at radius 1 is 1.17 bits per heavy atom. The quantitative estimate of drug-likeness (QED) is 0.403. The van der Waals surface area contributed by atoms with Crippen LogP contribution in [-0.4, -0.2) is 26.3 Å². The maximum absolute atomic E-state index is 11.6. The number of hydrogen-bond donors (Lipinski definition) is 0. The summed E-state index contributed by atoms with van der Waals surface area (Å²) >= 11 is 0. The molecule has 1 aromatic rings. The Labute approximate surface area is 108 Å². The molecule has 0 aliphatic rings. The maximum atomic E-state index is 11.6. The van der Waals surface area contributed by atoms with Gasteiger partial charge in [0.15, 0.2) is 0 Å². The lowest BCUT2D eigenvalue weighted by Crippen LogP contribution is -2.10. The number of ether oxygens (including phenoxy) is 2. The third-order valence-corrected chi connectivity index (χ3v) is 2.52. The van der Waals surface area contributed by atoms with Crippen LogP contribution in [0, 0.1) is 0 Å². The van der Waals surface area contributed by atoms with E-state index in [1.54, 1.807) is 7.11 Å². The SMILES string of the molecule is C=C(Cc1ccccc1)C(=O)OCCCCOC. The molecular weight excluding hydrogens is 228 g/mol. The van der Waals surface area contributed by atoms with E-state index in [2.05, 4.69) is 6.58 Å². The van der Waals surface area contributed by atoms with E-state index in [0.717, 1.165) is 18.4 Å². The largest absolute Gasteiger partial charge is 0.462 e. The van der Waals surface area contributed by atoms with E-state index >= 15 is 0 Å². The van der Waals surface area contributed by atoms with Gasteiger partial charge in [-0.25, -0.2) is 4.79 Å². The van der Waals surface area contributed by atoms with E-state index < -0.39 is 0 Å². The Morgan fingerprint density at radius 2 is 1.83 bits per heavy atom. The number of carbonyl (C=O) groups excluding carboxylic acids is 1. The topological polar surface area (TPSA) is 35.5 Å². The van der Waals surface area contributed by atoms with Crippen molar-refractivity contribution in [1.29, 1.82) is 0 Å². The summed E-state index contributed by atoms with van der Waals surface area (Å²) in [7, 11) is 1.66. The molecule has 0 atom stereocenters. The summed E-state index contributed by atoms with van der Waals surface area (Å²) in [6, 6.07) is 9.77. The van der Waals surface area contributed by atoms with Gasteiger partial charge in [0.05, 0.1) is 6.61 Å². The summed E-state index contributed by atoms with van der Waals surface area (Å²) < 4.78 is 10.0. The Bertz CT molecular complexity index is 371. The van der Waals surface area contributed by atoms with Crippen molar-refractivity contribution in [3.05, 3.63) is 48.0 Å². The molecule has 0 bridgehead atoms. The van der Waals surface area contributed by atoms with E-state index in [1.165, 1.54) is 0 Å². The van der Waals surface area contributed by atoms with Crippen molar-refractivity contribution in [2.75, 3.05) is 20.3 Å². The van der Waals surface area contributed by atoms with Crippen molar-refractivity contribution in [3.8, 4) is 0 Å². The number of carbonyl (C=O) groups is 1. The molecule has 18 heavy (non-hydrogen) atoms. The first-order valence-electron chi connectivity index (χ1n) is 6.12. The minimum absolute atomic E-state index is 0.309. The fourth-order valence-corrected chi connectivity index (χ4v) is 1.53. The fraction of sp³-hybridized carbons (Fsp3) is 0.400. The predicted octanol–water partition coefficient (Wildman–Crippen LogP) is 2.76. The summed E-state index contributed by atoms with van der Waals surface area (Å²) in [4.78, 5) is 11.6. The van der Waals surface area contributed by atoms with Gasteiger partial charge in [0.1, 0.15) is 0 Å². The molecule has 0 unspecified atom stereocenters. The van der Waals surface area contributed by atoms with Crippen LogP contribution < -0.4 is 0 Å². The second-order valence-electron chi connectivity index (χ2n) is 4.10. The van der Waals surface area contributed by atoms with Gasteiger partial charge >= 0.3 is 5.97 Å². The Hall–Kier alpha value is -1.61. The first kappa shape index (κ1) is 14.5. The second-order valence-corrected chi connectivity index (χ2v) is 4.10. The first-order chi connectivity index (χ1) is 8.74. The molecule has 0 N–H and O–H groups in total. The molecule has 0 heterocycles. The van der Waals surface area contributed by atoms with E-state index in [9.17, 15) is 4.79 Å². The fourth-order valence-electron chi connectivity index (χ4n) is 1.53. The van der Waals surface area contributed by atoms with Crippen LogP contribution in [0.4, 0.5) is 0 Å². The van der Waals surface area contributed by atoms with Crippen LogP contribution in [0.1, 0.15) is 18.4 Å². The van der Waals surface area contributed by atoms with Gasteiger partial charge < -0.3 is 9.47 Å². The number of benzene rings is 1. The van der Waals surface area contributed by atoms with Crippen molar-refractivity contribution in [2.24, 2.45) is 0 Å². The first-order valence-corrected chi connectivity index (χ1v) is 6.12. The van der Waals surface area contributed by atoms with Crippen molar-refractivity contribution in [1.82, 2.24) is 0 Å². The average molecular weight is 248 g/mol. The number of esters is 1. The van der Waals surface area contributed by atoms with Gasteiger partial charge in [-0.1, -0.05) is 36.9 Å². The van der Waals surface area contributed by atoms with Crippen LogP contribution in [0.3, 0.4) is 0 Å². The van der Waals surface area contributed by atoms with Gasteiger partial charge in [0, 0.05) is 25.7 Å². The Morgan fingerprint density at radius 3 is 2.50 bits per heavy atom. The zero-order chi connectivity index (χ0) is 13.2. The number of methoxy groups -OCH3 is 1. The lowest BCUT2D eigenvalue weighted by Gasteiger charge is -2.07. The average Bonchev–Trinajstić information content (AvgIpc) is 2.39. The normalized spacial score (nSPS) is 10.1. The molecule has 0 saturated carbocycles. The highest BCUT2D eigenvalue weighted by Gasteiger charge is 2.08. The molecule has 3 nitrogen and oxygen atoms in total. The summed E-state index contributed by atoms with van der Waals surface area (Å²) in [6.45, 7) is 4.89. The van der Waals surface area contributed by atoms with Crippen LogP contribution in [-0.2, 0) is 20.7 Å². The standard InChI is InChI=1S/C15H20O3/c1-13(12-14-8-4-3-5-9-14)15(16)18-11-7-6-10-17-2/h3-5,8-9H,1,6-7,10-12H2,2H3. The van der Waals surface area contributed by atoms with Gasteiger partial charge in [0.2, 0.25) is 0 Å². The molecule has 98 valence electrons. The van der Waals surface area contributed by atoms with Gasteiger partial charge in [0.25, 0.3) is 0 Å². The smallest absolute Gasteiger partial charge is 0.333 e. The monoisotopic (exact) mass is 248 g/mol. The highest BCUT2D eigenvalue weighted by Crippen LogP contribution is 2.08. The molecule has 0 aliphatic heterocycles. The molecule has 0 amide bonds. The van der Waals surface area contributed by atoms with Crippen LogP contribution in [0.5, 0.6) is 0 Å². The van der Waals surface area contributed by atoms with Crippen LogP contribution in [0.15, 0.2) is 42.5 Å². The third kappa shape index (κ3) is 5.64. The Balaban J connectivity index is 2.23. The molecule has 1 rings (SSSR count). The minimum Gasteiger partial charge on any atom is -0.462 e. The number of unbranched alkanes of at least 4 members (excludes halogenated alkanes) is 1. The van der Waals surface area contributed by atoms with E-state index in [1.807, 2.05) is 30.3 Å². The molecule has 1 aromatic carbocycles. The molecule has 0 fully saturated rings. The third-order valence-electron chi connectivity index (χ3n) is 2.52. The molecule has 0 radical (unpaired) electrons. The summed E-state index contributed by atoms with van der Waals surface area (Å²) in [5.74, 6) is -0.309. The van der Waals surface area contributed by atoms with Gasteiger partial charge in [-0.15, -0.1) is 0 Å². The van der Waals surface area contributed by atoms with Crippen LogP contribution >= 0.6 is 0 Å². The van der Waals surface area contributed by atoms with Gasteiger partial charge in [-0.3, -0.25) is 0 Å². The number of rotatable bonds is 8. The lowest BCUT2D eigenvalue weighted by molar-refractivity contribution is -0.139. The predicted molar refractivity (Wildman–Crippen MR) is 71.4 cm³/mol. The summed E-state index contributed by atoms with van der Waals surface area (Å²) in [5.41, 5.74) is 1.56. The highest BCUT2D eigenvalue weighted by molar-refractivity contribution is 5.88. The van der Waals surface area contributed by atoms with E-state index in [0.29, 0.717) is 25.2 Å². The molecule has 0 aromatic heterocycles. The van der Waals surface area contributed by atoms with E-state index in [-0.39, 0.29) is 5.97 Å². The van der Waals surface area contributed by atoms with Crippen LogP contribution in [0.2, 0.25) is 0 Å². The van der Waals surface area contributed by atoms with Crippen molar-refractivity contribution in [3.63, 3.8) is 0 Å². The molecule has 0 aliphatic carbocycles. The Kier molecular flexibility index (Phi) is 6.81. The van der Waals surface area contributed by atoms with Gasteiger partial charge in [-0.05, 0) is 18.4 Å². The zero-order valence-corrected chi connectivity index (χ0v) is 10.9. The lowest BCUT2D eigenvalue weighted by atomic mass is 10.1. The minimum atomic E-state index is -0.309. The highest BCUT2D eigenvalue weighted by atomic mass is 16.5. The van der Waals surface area contributed by atoms with Crippen molar-refractivity contribution in [2.45, 2.75) is 19.3 Å². The summed E-state index contributed by atoms with van der Waals surface area (Å²) in [6.07, 6.45) is 2.25. The van der Waals surface area contributed by atoms with Crippen molar-refractivity contribution < 1.29 is 14.3 Å². The van der Waals surface area contributed by atoms with Crippen LogP contribution in [0.25, 0.3) is 0 Å². The zero-order valence-electron chi connectivity index (χ0n) is 10.9. The van der Waals surface area contributed by atoms with Crippen molar-refractivity contribution >= 4 is 5.97 Å². The van der Waals surface area contributed by atoms with E-state index in [4.69, 9.17) is 9.47 Å². The molecule has 0 spiro atoms. The maximum Gasteiger partial charge on any atom is 0.333 e. The second kappa shape index (κ2) is 8.48. The molecule has 3 heteroatoms.